The Morgan fingerprint density at radius 3 is 2.76 bits per heavy atom. The van der Waals surface area contributed by atoms with Crippen molar-refractivity contribution < 1.29 is 14.3 Å². The Bertz CT molecular complexity index is 525. The number of nitrogens with one attached hydrogen (secondary N) is 1. The average Bonchev–Trinajstić information content (AvgIpc) is 2.98. The predicted octanol–water partition coefficient (Wildman–Crippen LogP) is 2.01. The Kier molecular flexibility index (Phi) is 4.81. The van der Waals surface area contributed by atoms with Crippen LogP contribution in [0.25, 0.3) is 0 Å². The molecule has 5 nitrogen and oxygen atoms in total. The lowest BCUT2D eigenvalue weighted by molar-refractivity contribution is -0.134. The molecule has 1 aliphatic heterocycles. The Balaban J connectivity index is 1.89. The zero-order chi connectivity index (χ0) is 15.3. The molecule has 1 aromatic rings. The van der Waals surface area contributed by atoms with Crippen LogP contribution in [0.15, 0.2) is 24.3 Å². The number of amides is 1. The molecule has 1 amide bonds. The van der Waals surface area contributed by atoms with Crippen LogP contribution in [-0.2, 0) is 9.53 Å². The van der Waals surface area contributed by atoms with Gasteiger partial charge in [0.1, 0.15) is 5.75 Å². The highest BCUT2D eigenvalue weighted by molar-refractivity contribution is 5.84. The van der Waals surface area contributed by atoms with Crippen molar-refractivity contribution in [1.82, 2.24) is 5.32 Å². The lowest BCUT2D eigenvalue weighted by Crippen LogP contribution is -2.48. The standard InChI is InChI=1S/C16H20N2O3/c1-16(2,15(19)18-11-14-4-3-9-20-14)21-13-7-5-12(10-17)6-8-13/h5-8,14H,3-4,9,11H2,1-2H3,(H,18,19). The van der Waals surface area contributed by atoms with Crippen molar-refractivity contribution in [1.29, 1.82) is 5.26 Å². The molecule has 1 unspecified atom stereocenters. The summed E-state index contributed by atoms with van der Waals surface area (Å²) in [6.07, 6.45) is 2.14. The summed E-state index contributed by atoms with van der Waals surface area (Å²) < 4.78 is 11.2. The van der Waals surface area contributed by atoms with Gasteiger partial charge in [0.05, 0.1) is 17.7 Å². The summed E-state index contributed by atoms with van der Waals surface area (Å²) in [6.45, 7) is 4.72. The van der Waals surface area contributed by atoms with E-state index in [4.69, 9.17) is 14.7 Å². The van der Waals surface area contributed by atoms with Crippen molar-refractivity contribution in [3.05, 3.63) is 29.8 Å². The van der Waals surface area contributed by atoms with Crippen LogP contribution in [0.5, 0.6) is 5.75 Å². The molecule has 1 aliphatic rings. The van der Waals surface area contributed by atoms with Crippen LogP contribution in [0.4, 0.5) is 0 Å². The van der Waals surface area contributed by atoms with Crippen LogP contribution >= 0.6 is 0 Å². The summed E-state index contributed by atoms with van der Waals surface area (Å²) in [5, 5.41) is 11.6. The number of carbonyl (C=O) groups excluding carboxylic acids is 1. The summed E-state index contributed by atoms with van der Waals surface area (Å²) in [7, 11) is 0. The lowest BCUT2D eigenvalue weighted by Gasteiger charge is -2.26. The van der Waals surface area contributed by atoms with Crippen LogP contribution < -0.4 is 10.1 Å². The second-order valence-corrected chi connectivity index (χ2v) is 5.59. The molecule has 0 aliphatic carbocycles. The Morgan fingerprint density at radius 1 is 1.48 bits per heavy atom. The molecule has 1 heterocycles. The number of nitriles is 1. The van der Waals surface area contributed by atoms with E-state index in [0.29, 0.717) is 17.9 Å². The van der Waals surface area contributed by atoms with Gasteiger partial charge in [-0.15, -0.1) is 0 Å². The third-order valence-electron chi connectivity index (χ3n) is 3.42. The molecule has 2 rings (SSSR count). The number of ether oxygens (including phenoxy) is 2. The lowest BCUT2D eigenvalue weighted by atomic mass is 10.1. The minimum absolute atomic E-state index is 0.111. The van der Waals surface area contributed by atoms with Crippen LogP contribution in [0, 0.1) is 11.3 Å². The van der Waals surface area contributed by atoms with Crippen LogP contribution in [0.3, 0.4) is 0 Å². The van der Waals surface area contributed by atoms with Gasteiger partial charge in [0, 0.05) is 13.2 Å². The van der Waals surface area contributed by atoms with Gasteiger partial charge in [0.2, 0.25) is 0 Å². The molecule has 112 valence electrons. The molecule has 0 saturated carbocycles. The number of nitrogens with zero attached hydrogens (tertiary/aromatic N) is 1. The molecule has 5 heteroatoms. The van der Waals surface area contributed by atoms with Gasteiger partial charge in [-0.1, -0.05) is 0 Å². The SMILES string of the molecule is CC(C)(Oc1ccc(C#N)cc1)C(=O)NCC1CCCO1. The van der Waals surface area contributed by atoms with Crippen molar-refractivity contribution in [2.75, 3.05) is 13.2 Å². The zero-order valence-corrected chi connectivity index (χ0v) is 12.4. The van der Waals surface area contributed by atoms with Crippen LogP contribution in [0.1, 0.15) is 32.3 Å². The first-order valence-corrected chi connectivity index (χ1v) is 7.10. The normalized spacial score (nSPS) is 18.0. The maximum Gasteiger partial charge on any atom is 0.263 e. The second kappa shape index (κ2) is 6.59. The Labute approximate surface area is 124 Å². The molecule has 0 radical (unpaired) electrons. The number of carbonyl (C=O) groups is 1. The highest BCUT2D eigenvalue weighted by atomic mass is 16.5. The fraction of sp³-hybridized carbons (Fsp3) is 0.500. The maximum atomic E-state index is 12.2. The predicted molar refractivity (Wildman–Crippen MR) is 77.8 cm³/mol. The van der Waals surface area contributed by atoms with Crippen molar-refractivity contribution >= 4 is 5.91 Å². The molecule has 1 aromatic carbocycles. The van der Waals surface area contributed by atoms with Crippen molar-refractivity contribution in [3.63, 3.8) is 0 Å². The molecule has 21 heavy (non-hydrogen) atoms. The molecular formula is C16H20N2O3. The molecule has 1 saturated heterocycles. The van der Waals surface area contributed by atoms with E-state index in [1.54, 1.807) is 38.1 Å². The molecule has 1 N–H and O–H groups in total. The quantitative estimate of drug-likeness (QED) is 0.899. The minimum atomic E-state index is -0.979. The first kappa shape index (κ1) is 15.3. The van der Waals surface area contributed by atoms with Gasteiger partial charge in [-0.2, -0.15) is 5.26 Å². The topological polar surface area (TPSA) is 71.3 Å². The van der Waals surface area contributed by atoms with E-state index in [2.05, 4.69) is 5.32 Å². The Morgan fingerprint density at radius 2 is 2.19 bits per heavy atom. The fourth-order valence-electron chi connectivity index (χ4n) is 2.16. The molecule has 0 aromatic heterocycles. The number of hydrogen-bond donors (Lipinski definition) is 1. The van der Waals surface area contributed by atoms with Gasteiger partial charge in [0.25, 0.3) is 5.91 Å². The molecule has 0 spiro atoms. The molecule has 0 bridgehead atoms. The monoisotopic (exact) mass is 288 g/mol. The average molecular weight is 288 g/mol. The van der Waals surface area contributed by atoms with Gasteiger partial charge in [0.15, 0.2) is 5.60 Å². The van der Waals surface area contributed by atoms with Gasteiger partial charge in [-0.05, 0) is 51.0 Å². The fourth-order valence-corrected chi connectivity index (χ4v) is 2.16. The number of benzene rings is 1. The van der Waals surface area contributed by atoms with E-state index in [1.165, 1.54) is 0 Å². The summed E-state index contributed by atoms with van der Waals surface area (Å²) in [5.41, 5.74) is -0.421. The maximum absolute atomic E-state index is 12.2. The summed E-state index contributed by atoms with van der Waals surface area (Å²) in [6, 6.07) is 8.74. The summed E-state index contributed by atoms with van der Waals surface area (Å²) in [5.74, 6) is 0.383. The second-order valence-electron chi connectivity index (χ2n) is 5.59. The molecule has 1 fully saturated rings. The summed E-state index contributed by atoms with van der Waals surface area (Å²) in [4.78, 5) is 12.2. The van der Waals surface area contributed by atoms with Gasteiger partial charge in [-0.25, -0.2) is 0 Å². The summed E-state index contributed by atoms with van der Waals surface area (Å²) >= 11 is 0. The highest BCUT2D eigenvalue weighted by Crippen LogP contribution is 2.19. The van der Waals surface area contributed by atoms with E-state index in [0.717, 1.165) is 19.4 Å². The van der Waals surface area contributed by atoms with Crippen LogP contribution in [0.2, 0.25) is 0 Å². The Hall–Kier alpha value is -2.06. The van der Waals surface area contributed by atoms with Gasteiger partial charge in [-0.3, -0.25) is 4.79 Å². The van der Waals surface area contributed by atoms with Crippen LogP contribution in [-0.4, -0.2) is 30.8 Å². The van der Waals surface area contributed by atoms with E-state index < -0.39 is 5.60 Å². The van der Waals surface area contributed by atoms with E-state index in [9.17, 15) is 4.79 Å². The molecule has 1 atom stereocenters. The van der Waals surface area contributed by atoms with Gasteiger partial charge < -0.3 is 14.8 Å². The first-order valence-electron chi connectivity index (χ1n) is 7.10. The third-order valence-corrected chi connectivity index (χ3v) is 3.42. The van der Waals surface area contributed by atoms with Crippen molar-refractivity contribution in [3.8, 4) is 11.8 Å². The smallest absolute Gasteiger partial charge is 0.263 e. The third kappa shape index (κ3) is 4.20. The number of rotatable bonds is 5. The number of hydrogen-bond acceptors (Lipinski definition) is 4. The van der Waals surface area contributed by atoms with Gasteiger partial charge >= 0.3 is 0 Å². The van der Waals surface area contributed by atoms with E-state index >= 15 is 0 Å². The first-order chi connectivity index (χ1) is 10.0. The molecular weight excluding hydrogens is 268 g/mol. The van der Waals surface area contributed by atoms with Crippen molar-refractivity contribution in [2.24, 2.45) is 0 Å². The van der Waals surface area contributed by atoms with E-state index in [-0.39, 0.29) is 12.0 Å². The zero-order valence-electron chi connectivity index (χ0n) is 12.4. The minimum Gasteiger partial charge on any atom is -0.478 e. The van der Waals surface area contributed by atoms with E-state index in [1.807, 2.05) is 6.07 Å². The van der Waals surface area contributed by atoms with Crippen molar-refractivity contribution in [2.45, 2.75) is 38.4 Å². The highest BCUT2D eigenvalue weighted by Gasteiger charge is 2.30. The largest absolute Gasteiger partial charge is 0.478 e.